The summed E-state index contributed by atoms with van der Waals surface area (Å²) in [5, 5.41) is 14.4. The number of nitrogen functional groups attached to an aromatic ring is 1. The maximum absolute atomic E-state index is 12.6. The predicted molar refractivity (Wildman–Crippen MR) is 557 cm³/mol. The molecule has 0 saturated carbocycles. The molecule has 4 aromatic heterocycles. The van der Waals surface area contributed by atoms with Crippen molar-refractivity contribution in [3.05, 3.63) is 316 Å². The average molecular weight is 1910 g/mol. The molecule has 0 radical (unpaired) electrons. The van der Waals surface area contributed by atoms with Crippen LogP contribution in [0.15, 0.2) is 244 Å². The van der Waals surface area contributed by atoms with Crippen LogP contribution >= 0.6 is 0 Å². The van der Waals surface area contributed by atoms with Crippen molar-refractivity contribution in [1.82, 2.24) is 35.1 Å². The van der Waals surface area contributed by atoms with Gasteiger partial charge in [-0.05, 0) is 202 Å². The quantitative estimate of drug-likeness (QED) is 0.0382. The Hall–Kier alpha value is -14.6. The van der Waals surface area contributed by atoms with Crippen LogP contribution in [0.2, 0.25) is 0 Å². The van der Waals surface area contributed by atoms with Gasteiger partial charge in [0.2, 0.25) is 22.2 Å². The Kier molecular flexibility index (Phi) is 27.8. The summed E-state index contributed by atoms with van der Waals surface area (Å²) in [6.07, 6.45) is 7.03. The van der Waals surface area contributed by atoms with E-state index in [9.17, 15) is 24.0 Å². The van der Waals surface area contributed by atoms with Crippen molar-refractivity contribution in [1.29, 1.82) is 0 Å². The minimum Gasteiger partial charge on any atom is -0.456 e. The Balaban J connectivity index is 0.000000113. The first-order valence-corrected chi connectivity index (χ1v) is 49.8. The highest BCUT2D eigenvalue weighted by atomic mass is 16.6. The molecule has 0 aliphatic carbocycles. The summed E-state index contributed by atoms with van der Waals surface area (Å²) in [6.45, 7) is 23.9. The number of amides is 1. The summed E-state index contributed by atoms with van der Waals surface area (Å²) in [6, 6.07) is 75.6. The normalized spacial score (nSPS) is 18.1. The summed E-state index contributed by atoms with van der Waals surface area (Å²) in [5.41, 5.74) is 29.5. The monoisotopic (exact) mass is 1910 g/mol. The third-order valence-electron chi connectivity index (χ3n) is 27.9. The Morgan fingerprint density at radius 1 is 0.373 bits per heavy atom. The predicted octanol–water partition coefficient (Wildman–Crippen LogP) is 16.8. The molecule has 1 amide bonds. The van der Waals surface area contributed by atoms with E-state index in [1.807, 2.05) is 124 Å². The number of nitrogens with one attached hydrogen (secondary N) is 8. The summed E-state index contributed by atoms with van der Waals surface area (Å²) < 4.78 is 53.0. The van der Waals surface area contributed by atoms with Gasteiger partial charge in [-0.3, -0.25) is 19.2 Å². The Morgan fingerprint density at radius 2 is 0.725 bits per heavy atom. The first kappa shape index (κ1) is 93.7. The second kappa shape index (κ2) is 42.1. The number of hydrogen-bond acceptors (Lipinski definition) is 24. The van der Waals surface area contributed by atoms with E-state index in [0.29, 0.717) is 78.0 Å². The van der Waals surface area contributed by atoms with E-state index >= 15 is 0 Å². The van der Waals surface area contributed by atoms with Gasteiger partial charge in [0.05, 0.1) is 75.6 Å². The lowest BCUT2D eigenvalue weighted by molar-refractivity contribution is 0.0293. The van der Waals surface area contributed by atoms with Gasteiger partial charge in [-0.2, -0.15) is 0 Å². The average Bonchev–Trinajstić information content (AvgIpc) is 0.829. The van der Waals surface area contributed by atoms with Crippen molar-refractivity contribution in [2.45, 2.75) is 95.9 Å². The van der Waals surface area contributed by atoms with Crippen molar-refractivity contribution in [2.24, 2.45) is 0 Å². The molecule has 142 heavy (non-hydrogen) atoms. The first-order valence-electron chi connectivity index (χ1n) is 49.8. The lowest BCUT2D eigenvalue weighted by atomic mass is 9.96. The molecule has 29 heteroatoms. The highest BCUT2D eigenvalue weighted by Crippen LogP contribution is 2.49. The molecule has 10 N–H and O–H groups in total. The SMILES string of the molecule is CC(C)(C)OC(=O)N1CCC(Nc2ccc3c(c2)Cc2cccc(-c4cc(N5CCOCC5)cc(=O)[nH]4)c2O3)C1.Nc1ccc2c(c1)Cc1cccc(-c3cc(N4CCOCC4)cc(=O)[nH]3)c1O2.O=c1cc(N2CCOCC2)cc(-c2cccc3c2Oc2ccc(NC4CCN(CCc5ccccc5)C4)cc2C3)[nH]1.O=c1cc(N2CCOCC2)cc(-c2cccc3c2Oc2ccc(NC4CCNC4)cc2C3)[nH]1. The van der Waals surface area contributed by atoms with Gasteiger partial charge >= 0.3 is 6.09 Å². The minimum atomic E-state index is -0.502. The third-order valence-corrected chi connectivity index (χ3v) is 27.9. The molecule has 7 saturated heterocycles. The van der Waals surface area contributed by atoms with E-state index in [4.69, 9.17) is 48.4 Å². The van der Waals surface area contributed by atoms with Crippen molar-refractivity contribution in [3.63, 3.8) is 0 Å². The van der Waals surface area contributed by atoms with Crippen LogP contribution in [0, 0.1) is 0 Å². The molecule has 0 spiro atoms. The number of H-pyrrole nitrogens is 4. The number of nitrogens with two attached hydrogens (primary N) is 1. The van der Waals surface area contributed by atoms with Crippen LogP contribution in [-0.2, 0) is 55.8 Å². The van der Waals surface area contributed by atoms with Gasteiger partial charge in [-0.1, -0.05) is 78.9 Å². The molecular formula is C113H121N15O14. The van der Waals surface area contributed by atoms with Crippen LogP contribution in [0.25, 0.3) is 45.0 Å². The molecule has 15 heterocycles. The van der Waals surface area contributed by atoms with Gasteiger partial charge in [-0.15, -0.1) is 0 Å². The molecule has 3 atom stereocenters. The van der Waals surface area contributed by atoms with E-state index in [1.165, 1.54) is 16.7 Å². The van der Waals surface area contributed by atoms with Gasteiger partial charge in [0.25, 0.3) is 0 Å². The minimum absolute atomic E-state index is 0.111. The van der Waals surface area contributed by atoms with Crippen LogP contribution in [0.1, 0.15) is 90.1 Å². The van der Waals surface area contributed by atoms with E-state index < -0.39 is 5.60 Å². The van der Waals surface area contributed by atoms with Gasteiger partial charge in [0.15, 0.2) is 0 Å². The molecule has 11 aliphatic heterocycles. The molecule has 732 valence electrons. The number of aromatic amines is 4. The van der Waals surface area contributed by atoms with E-state index in [-0.39, 0.29) is 34.4 Å². The molecule has 7 fully saturated rings. The number of fused-ring (bicyclic) bond motifs is 8. The Morgan fingerprint density at radius 3 is 1.09 bits per heavy atom. The number of ether oxygens (including phenoxy) is 9. The van der Waals surface area contributed by atoms with E-state index in [0.717, 1.165) is 306 Å². The van der Waals surface area contributed by atoms with E-state index in [2.05, 4.69) is 163 Å². The third kappa shape index (κ3) is 22.1. The van der Waals surface area contributed by atoms with Crippen molar-refractivity contribution in [3.8, 4) is 91.0 Å². The summed E-state index contributed by atoms with van der Waals surface area (Å²) in [5.74, 6) is 6.55. The Bertz CT molecular complexity index is 7030. The number of nitrogens with zero attached hydrogens (tertiary/aromatic N) is 6. The number of morpholine rings is 4. The van der Waals surface area contributed by atoms with Crippen LogP contribution in [-0.4, -0.2) is 211 Å². The molecule has 29 nitrogen and oxygen atoms in total. The number of benzene rings is 9. The molecule has 9 aromatic carbocycles. The van der Waals surface area contributed by atoms with Crippen molar-refractivity contribution < 1.29 is 47.4 Å². The zero-order valence-electron chi connectivity index (χ0n) is 80.5. The van der Waals surface area contributed by atoms with Gasteiger partial charge in [-0.25, -0.2) is 4.79 Å². The second-order valence-electron chi connectivity index (χ2n) is 39.0. The van der Waals surface area contributed by atoms with Crippen LogP contribution < -0.4 is 87.8 Å². The largest absolute Gasteiger partial charge is 0.456 e. The number of carbonyl (C=O) groups is 1. The number of carbonyl (C=O) groups excluding carboxylic acids is 1. The van der Waals surface area contributed by atoms with Gasteiger partial charge in [0, 0.05) is 250 Å². The summed E-state index contributed by atoms with van der Waals surface area (Å²) >= 11 is 0. The van der Waals surface area contributed by atoms with Crippen molar-refractivity contribution >= 4 is 51.6 Å². The molecule has 0 bridgehead atoms. The van der Waals surface area contributed by atoms with Gasteiger partial charge in [0.1, 0.15) is 51.6 Å². The number of likely N-dealkylation sites (tertiary alicyclic amines) is 2. The molecule has 13 aromatic rings. The highest BCUT2D eigenvalue weighted by molar-refractivity contribution is 5.80. The number of hydrogen-bond donors (Lipinski definition) is 9. The maximum atomic E-state index is 12.6. The van der Waals surface area contributed by atoms with E-state index in [1.54, 1.807) is 29.2 Å². The second-order valence-corrected chi connectivity index (χ2v) is 39.0. The number of rotatable bonds is 17. The molecule has 3 unspecified atom stereocenters. The summed E-state index contributed by atoms with van der Waals surface area (Å²) in [7, 11) is 0. The molecule has 24 rings (SSSR count). The maximum Gasteiger partial charge on any atom is 0.410 e. The number of aromatic nitrogens is 4. The van der Waals surface area contributed by atoms with Crippen LogP contribution in [0.5, 0.6) is 46.0 Å². The Labute approximate surface area is 824 Å². The first-order chi connectivity index (χ1) is 69.3. The molecule has 11 aliphatic rings. The van der Waals surface area contributed by atoms with Crippen LogP contribution in [0.3, 0.4) is 0 Å². The lowest BCUT2D eigenvalue weighted by Gasteiger charge is -2.29. The van der Waals surface area contributed by atoms with Crippen LogP contribution in [0.4, 0.5) is 50.3 Å². The number of pyridine rings is 4. The fourth-order valence-corrected chi connectivity index (χ4v) is 20.7. The highest BCUT2D eigenvalue weighted by Gasteiger charge is 2.34. The molecular weight excluding hydrogens is 1790 g/mol. The lowest BCUT2D eigenvalue weighted by Crippen LogP contribution is -2.36. The number of para-hydroxylation sites is 4. The zero-order chi connectivity index (χ0) is 96.7. The smallest absolute Gasteiger partial charge is 0.410 e. The summed E-state index contributed by atoms with van der Waals surface area (Å²) in [4.78, 5) is 87.7. The standard InChI is InChI=1S/C34H36N4O3.C31H36N4O5.C26H28N4O3.C22H21N3O3/c39-33-22-29(38-15-17-40-18-16-38)21-31(36-33)30-8-4-7-25-19-26-20-27(9-10-32(26)41-34(25)30)35-28-12-14-37(23-28)13-11-24-5-2-1-3-6-24;1-31(2,3)40-30(37)35-10-9-23(19-35)32-22-7-8-27-21(16-22)15-20-5-4-6-25(29(20)39-27)26-17-24(18-28(36)33-26)34-11-13-38-14-12-34;31-25-15-21(30-8-10-32-11-9-30)14-23(29-25)22-3-1-2-17-12-18-13-19(28-20-6-7-27-16-20)4-5-24(18)33-26(17)22;23-16-4-5-20-15(11-16)10-14-2-1-3-18(22(14)28-20)19-12-17(13-21(26)24-19)25-6-8-27-9-7-25/h1-10,20-22,28,35H,11-19,23H2,(H,36,39);4-8,16-18,23,32H,9-15,19H2,1-3H3,(H,33,36);1-5,13-15,20,27-28H,6-12,16H2,(H,29,31);1-5,11-13H,6-10,23H2,(H,24,26). The topological polar surface area (TPSA) is 325 Å². The zero-order valence-corrected chi connectivity index (χ0v) is 80.5. The van der Waals surface area contributed by atoms with Gasteiger partial charge < -0.3 is 119 Å². The fraction of sp³-hybridized carbons (Fsp3) is 0.336. The van der Waals surface area contributed by atoms with Crippen molar-refractivity contribution in [2.75, 3.05) is 192 Å². The fourth-order valence-electron chi connectivity index (χ4n) is 20.7. The number of anilines is 8.